The van der Waals surface area contributed by atoms with E-state index in [0.29, 0.717) is 0 Å². The molecule has 0 fully saturated rings. The third-order valence-corrected chi connectivity index (χ3v) is 4.19. The molecule has 2 N–H and O–H groups in total. The van der Waals surface area contributed by atoms with Crippen LogP contribution in [0.5, 0.6) is 0 Å². The molecule has 0 aliphatic heterocycles. The van der Waals surface area contributed by atoms with Gasteiger partial charge in [0.25, 0.3) is 0 Å². The van der Waals surface area contributed by atoms with E-state index in [0.717, 1.165) is 16.4 Å². The summed E-state index contributed by atoms with van der Waals surface area (Å²) in [4.78, 5) is -0.0464. The SMILES string of the molecule is CN(CCN)S(=O)(=O)c1ccc(F)c(Cl)c1. The number of sulfonamides is 1. The van der Waals surface area contributed by atoms with E-state index >= 15 is 0 Å². The molecule has 0 amide bonds. The Morgan fingerprint density at radius 1 is 1.50 bits per heavy atom. The summed E-state index contributed by atoms with van der Waals surface area (Å²) < 4.78 is 37.7. The molecule has 7 heteroatoms. The monoisotopic (exact) mass is 266 g/mol. The van der Waals surface area contributed by atoms with Crippen LogP contribution >= 0.6 is 11.6 Å². The third kappa shape index (κ3) is 2.70. The Balaban J connectivity index is 3.12. The topological polar surface area (TPSA) is 63.4 Å². The van der Waals surface area contributed by atoms with Crippen molar-refractivity contribution in [1.29, 1.82) is 0 Å². The quantitative estimate of drug-likeness (QED) is 0.886. The van der Waals surface area contributed by atoms with E-state index in [2.05, 4.69) is 0 Å². The maximum atomic E-state index is 12.9. The normalized spacial score (nSPS) is 12.1. The number of likely N-dealkylation sites (N-methyl/N-ethyl adjacent to an activating group) is 1. The van der Waals surface area contributed by atoms with Gasteiger partial charge in [-0.3, -0.25) is 0 Å². The minimum atomic E-state index is -3.64. The molecule has 4 nitrogen and oxygen atoms in total. The Labute approximate surface area is 98.9 Å². The van der Waals surface area contributed by atoms with Crippen LogP contribution in [0, 0.1) is 5.82 Å². The number of hydrogen-bond donors (Lipinski definition) is 1. The number of hydrogen-bond acceptors (Lipinski definition) is 3. The van der Waals surface area contributed by atoms with E-state index in [9.17, 15) is 12.8 Å². The Bertz CT molecular complexity index is 478. The van der Waals surface area contributed by atoms with Crippen molar-refractivity contribution in [3.63, 3.8) is 0 Å². The molecule has 1 aromatic carbocycles. The lowest BCUT2D eigenvalue weighted by molar-refractivity contribution is 0.476. The highest BCUT2D eigenvalue weighted by atomic mass is 35.5. The Morgan fingerprint density at radius 2 is 2.12 bits per heavy atom. The van der Waals surface area contributed by atoms with Crippen LogP contribution in [0.25, 0.3) is 0 Å². The summed E-state index contributed by atoms with van der Waals surface area (Å²) in [5.74, 6) is -0.651. The molecule has 90 valence electrons. The van der Waals surface area contributed by atoms with E-state index in [4.69, 9.17) is 17.3 Å². The molecule has 0 aliphatic rings. The van der Waals surface area contributed by atoms with Crippen molar-refractivity contribution >= 4 is 21.6 Å². The molecule has 0 heterocycles. The van der Waals surface area contributed by atoms with E-state index in [-0.39, 0.29) is 23.0 Å². The molecule has 0 unspecified atom stereocenters. The van der Waals surface area contributed by atoms with Crippen LogP contribution < -0.4 is 5.73 Å². The molecular formula is C9H12ClFN2O2S. The molecule has 1 aromatic rings. The minimum Gasteiger partial charge on any atom is -0.329 e. The zero-order valence-electron chi connectivity index (χ0n) is 8.65. The molecule has 0 saturated carbocycles. The van der Waals surface area contributed by atoms with Crippen molar-refractivity contribution in [2.75, 3.05) is 20.1 Å². The Morgan fingerprint density at radius 3 is 2.62 bits per heavy atom. The molecule has 0 saturated heterocycles. The highest BCUT2D eigenvalue weighted by Crippen LogP contribution is 2.21. The first kappa shape index (κ1) is 13.4. The van der Waals surface area contributed by atoms with Gasteiger partial charge in [-0.1, -0.05) is 11.6 Å². The molecule has 16 heavy (non-hydrogen) atoms. The third-order valence-electron chi connectivity index (χ3n) is 2.04. The lowest BCUT2D eigenvalue weighted by atomic mass is 10.3. The highest BCUT2D eigenvalue weighted by Gasteiger charge is 2.20. The highest BCUT2D eigenvalue weighted by molar-refractivity contribution is 7.89. The maximum Gasteiger partial charge on any atom is 0.242 e. The summed E-state index contributed by atoms with van der Waals surface area (Å²) in [7, 11) is -2.24. The molecule has 0 bridgehead atoms. The van der Waals surface area contributed by atoms with Crippen LogP contribution in [0.1, 0.15) is 0 Å². The summed E-state index contributed by atoms with van der Waals surface area (Å²) in [5.41, 5.74) is 5.27. The molecular weight excluding hydrogens is 255 g/mol. The van der Waals surface area contributed by atoms with Crippen molar-refractivity contribution in [3.05, 3.63) is 29.0 Å². The van der Waals surface area contributed by atoms with Gasteiger partial charge >= 0.3 is 0 Å². The summed E-state index contributed by atoms with van der Waals surface area (Å²) >= 11 is 5.52. The zero-order chi connectivity index (χ0) is 12.3. The average Bonchev–Trinajstić information content (AvgIpc) is 2.22. The summed E-state index contributed by atoms with van der Waals surface area (Å²) in [5, 5.41) is -0.220. The van der Waals surface area contributed by atoms with Gasteiger partial charge in [0.05, 0.1) is 9.92 Å². The van der Waals surface area contributed by atoms with Gasteiger partial charge in [-0.2, -0.15) is 4.31 Å². The second-order valence-corrected chi connectivity index (χ2v) is 5.64. The number of nitrogens with two attached hydrogens (primary N) is 1. The number of nitrogens with zero attached hydrogens (tertiary/aromatic N) is 1. The van der Waals surface area contributed by atoms with Gasteiger partial charge in [-0.25, -0.2) is 12.8 Å². The zero-order valence-corrected chi connectivity index (χ0v) is 10.2. The van der Waals surface area contributed by atoms with E-state index < -0.39 is 15.8 Å². The lowest BCUT2D eigenvalue weighted by Crippen LogP contribution is -2.31. The van der Waals surface area contributed by atoms with Crippen LogP contribution in [0.15, 0.2) is 23.1 Å². The second-order valence-electron chi connectivity index (χ2n) is 3.19. The second kappa shape index (κ2) is 5.09. The smallest absolute Gasteiger partial charge is 0.242 e. The molecule has 0 spiro atoms. The Hall–Kier alpha value is -0.690. The fourth-order valence-electron chi connectivity index (χ4n) is 1.12. The van der Waals surface area contributed by atoms with Crippen LogP contribution in [-0.4, -0.2) is 32.9 Å². The van der Waals surface area contributed by atoms with E-state index in [1.165, 1.54) is 13.1 Å². The molecule has 0 aliphatic carbocycles. The summed E-state index contributed by atoms with van der Waals surface area (Å²) in [6, 6.07) is 3.27. The predicted molar refractivity (Wildman–Crippen MR) is 60.3 cm³/mol. The number of benzene rings is 1. The van der Waals surface area contributed by atoms with Crippen molar-refractivity contribution < 1.29 is 12.8 Å². The van der Waals surface area contributed by atoms with Crippen LogP contribution in [0.4, 0.5) is 4.39 Å². The Kier molecular flexibility index (Phi) is 4.26. The van der Waals surface area contributed by atoms with Crippen molar-refractivity contribution in [2.45, 2.75) is 4.90 Å². The standard InChI is InChI=1S/C9H12ClFN2O2S/c1-13(5-4-12)16(14,15)7-2-3-9(11)8(10)6-7/h2-3,6H,4-5,12H2,1H3. The van der Waals surface area contributed by atoms with Crippen molar-refractivity contribution in [3.8, 4) is 0 Å². The first-order valence-corrected chi connectivity index (χ1v) is 6.33. The first-order chi connectivity index (χ1) is 7.39. The molecule has 0 aromatic heterocycles. The van der Waals surface area contributed by atoms with Crippen molar-refractivity contribution in [2.24, 2.45) is 5.73 Å². The van der Waals surface area contributed by atoms with Gasteiger partial charge in [0.15, 0.2) is 0 Å². The van der Waals surface area contributed by atoms with Gasteiger partial charge in [-0.15, -0.1) is 0 Å². The first-order valence-electron chi connectivity index (χ1n) is 4.51. The van der Waals surface area contributed by atoms with Gasteiger partial charge < -0.3 is 5.73 Å². The van der Waals surface area contributed by atoms with Crippen LogP contribution in [0.2, 0.25) is 5.02 Å². The maximum absolute atomic E-state index is 12.9. The molecule has 0 radical (unpaired) electrons. The number of halogens is 2. The van der Waals surface area contributed by atoms with Gasteiger partial charge in [0.2, 0.25) is 10.0 Å². The van der Waals surface area contributed by atoms with Gasteiger partial charge in [-0.05, 0) is 18.2 Å². The van der Waals surface area contributed by atoms with Gasteiger partial charge in [0.1, 0.15) is 5.82 Å². The summed E-state index contributed by atoms with van der Waals surface area (Å²) in [6.45, 7) is 0.405. The largest absolute Gasteiger partial charge is 0.329 e. The fourth-order valence-corrected chi connectivity index (χ4v) is 2.58. The fraction of sp³-hybridized carbons (Fsp3) is 0.333. The van der Waals surface area contributed by atoms with Gasteiger partial charge in [0, 0.05) is 20.1 Å². The average molecular weight is 267 g/mol. The van der Waals surface area contributed by atoms with E-state index in [1.807, 2.05) is 0 Å². The predicted octanol–water partition coefficient (Wildman–Crippen LogP) is 1.06. The minimum absolute atomic E-state index is 0.0464. The van der Waals surface area contributed by atoms with Crippen molar-refractivity contribution in [1.82, 2.24) is 4.31 Å². The molecule has 0 atom stereocenters. The summed E-state index contributed by atoms with van der Waals surface area (Å²) in [6.07, 6.45) is 0. The lowest BCUT2D eigenvalue weighted by Gasteiger charge is -2.16. The molecule has 1 rings (SSSR count). The van der Waals surface area contributed by atoms with Crippen LogP contribution in [-0.2, 0) is 10.0 Å². The number of rotatable bonds is 4. The van der Waals surface area contributed by atoms with E-state index in [1.54, 1.807) is 0 Å². The van der Waals surface area contributed by atoms with Crippen LogP contribution in [0.3, 0.4) is 0 Å².